The summed E-state index contributed by atoms with van der Waals surface area (Å²) < 4.78 is 4.70. The number of H-pyrrole nitrogens is 1. The molecule has 4 rings (SSSR count). The fourth-order valence-corrected chi connectivity index (χ4v) is 3.76. The second-order valence-corrected chi connectivity index (χ2v) is 7.08. The van der Waals surface area contributed by atoms with E-state index in [-0.39, 0.29) is 5.91 Å². The number of amides is 2. The number of hydrogen-bond acceptors (Lipinski definition) is 3. The molecule has 0 unspecified atom stereocenters. The highest BCUT2D eigenvalue weighted by molar-refractivity contribution is 6.06. The summed E-state index contributed by atoms with van der Waals surface area (Å²) in [6.07, 6.45) is 4.12. The summed E-state index contributed by atoms with van der Waals surface area (Å²) in [4.78, 5) is 29.2. The van der Waals surface area contributed by atoms with E-state index in [0.29, 0.717) is 16.9 Å². The van der Waals surface area contributed by atoms with Gasteiger partial charge in [0, 0.05) is 40.6 Å². The molecule has 0 fully saturated rings. The average molecular weight is 377 g/mol. The van der Waals surface area contributed by atoms with Crippen molar-refractivity contribution in [2.24, 2.45) is 0 Å². The lowest BCUT2D eigenvalue weighted by atomic mass is 9.95. The smallest absolute Gasteiger partial charge is 0.413 e. The number of aromatic amines is 1. The van der Waals surface area contributed by atoms with Crippen LogP contribution in [0.15, 0.2) is 42.5 Å². The van der Waals surface area contributed by atoms with Crippen LogP contribution in [0, 0.1) is 0 Å². The van der Waals surface area contributed by atoms with E-state index in [1.807, 2.05) is 18.2 Å². The van der Waals surface area contributed by atoms with E-state index in [4.69, 9.17) is 4.74 Å². The largest absolute Gasteiger partial charge is 0.452 e. The fourth-order valence-electron chi connectivity index (χ4n) is 3.76. The third-order valence-corrected chi connectivity index (χ3v) is 5.32. The first-order valence-corrected chi connectivity index (χ1v) is 9.43. The van der Waals surface area contributed by atoms with Crippen molar-refractivity contribution in [3.05, 3.63) is 59.3 Å². The quantitative estimate of drug-likeness (QED) is 0.706. The molecule has 0 radical (unpaired) electrons. The summed E-state index contributed by atoms with van der Waals surface area (Å²) in [6, 6.07) is 12.9. The molecule has 1 aliphatic carbocycles. The Morgan fingerprint density at radius 1 is 1.07 bits per heavy atom. The number of aryl methyl sites for hydroxylation is 2. The van der Waals surface area contributed by atoms with Crippen molar-refractivity contribution in [3.63, 3.8) is 0 Å². The zero-order valence-corrected chi connectivity index (χ0v) is 16.0. The van der Waals surface area contributed by atoms with Crippen LogP contribution >= 0.6 is 0 Å². The van der Waals surface area contributed by atoms with Crippen LogP contribution < -0.4 is 10.2 Å². The van der Waals surface area contributed by atoms with Crippen LogP contribution in [0.1, 0.15) is 34.5 Å². The maximum Gasteiger partial charge on any atom is 0.413 e. The highest BCUT2D eigenvalue weighted by atomic mass is 16.5. The summed E-state index contributed by atoms with van der Waals surface area (Å²) in [5, 5.41) is 4.07. The number of anilines is 2. The molecule has 1 heterocycles. The first-order chi connectivity index (χ1) is 13.6. The number of carbonyl (C=O) groups excluding carboxylic acids is 2. The number of aromatic nitrogens is 1. The Morgan fingerprint density at radius 2 is 1.82 bits per heavy atom. The van der Waals surface area contributed by atoms with Gasteiger partial charge in [-0.15, -0.1) is 0 Å². The SMILES string of the molecule is COC(=O)N(C)c1ccc(NC(=O)c2ccc3[nH]c4c(c3c2)CCCC4)cc1. The molecule has 6 nitrogen and oxygen atoms in total. The average Bonchev–Trinajstić information content (AvgIpc) is 3.11. The van der Waals surface area contributed by atoms with Crippen LogP contribution in [-0.2, 0) is 17.6 Å². The van der Waals surface area contributed by atoms with E-state index in [0.717, 1.165) is 23.7 Å². The van der Waals surface area contributed by atoms with E-state index in [1.165, 1.54) is 36.1 Å². The van der Waals surface area contributed by atoms with Crippen molar-refractivity contribution in [2.75, 3.05) is 24.4 Å². The molecule has 0 saturated heterocycles. The summed E-state index contributed by atoms with van der Waals surface area (Å²) in [5.74, 6) is -0.151. The molecular weight excluding hydrogens is 354 g/mol. The number of fused-ring (bicyclic) bond motifs is 3. The minimum absolute atomic E-state index is 0.151. The number of methoxy groups -OCH3 is 1. The zero-order chi connectivity index (χ0) is 19.7. The van der Waals surface area contributed by atoms with E-state index in [2.05, 4.69) is 10.3 Å². The molecule has 2 aromatic carbocycles. The van der Waals surface area contributed by atoms with E-state index in [9.17, 15) is 9.59 Å². The predicted molar refractivity (Wildman–Crippen MR) is 110 cm³/mol. The molecule has 0 bridgehead atoms. The molecule has 1 aromatic heterocycles. The van der Waals surface area contributed by atoms with Gasteiger partial charge in [0.05, 0.1) is 7.11 Å². The van der Waals surface area contributed by atoms with Crippen LogP contribution in [0.4, 0.5) is 16.2 Å². The van der Waals surface area contributed by atoms with Gasteiger partial charge in [0.1, 0.15) is 0 Å². The van der Waals surface area contributed by atoms with Crippen LogP contribution in [0.25, 0.3) is 10.9 Å². The normalized spacial score (nSPS) is 13.1. The van der Waals surface area contributed by atoms with E-state index in [1.54, 1.807) is 31.3 Å². The molecule has 2 amide bonds. The summed E-state index contributed by atoms with van der Waals surface area (Å²) in [5.41, 5.74) is 5.75. The van der Waals surface area contributed by atoms with Crippen molar-refractivity contribution < 1.29 is 14.3 Å². The van der Waals surface area contributed by atoms with Gasteiger partial charge in [0.2, 0.25) is 0 Å². The molecule has 28 heavy (non-hydrogen) atoms. The van der Waals surface area contributed by atoms with E-state index < -0.39 is 6.09 Å². The van der Waals surface area contributed by atoms with Gasteiger partial charge in [-0.2, -0.15) is 0 Å². The minimum Gasteiger partial charge on any atom is -0.452 e. The van der Waals surface area contributed by atoms with E-state index >= 15 is 0 Å². The number of carbonyl (C=O) groups is 2. The topological polar surface area (TPSA) is 74.4 Å². The van der Waals surface area contributed by atoms with Crippen molar-refractivity contribution in [2.45, 2.75) is 25.7 Å². The number of ether oxygens (including phenoxy) is 1. The Labute approximate surface area is 163 Å². The van der Waals surface area contributed by atoms with Gasteiger partial charge in [-0.3, -0.25) is 9.69 Å². The first kappa shape index (κ1) is 18.1. The van der Waals surface area contributed by atoms with Crippen LogP contribution in [-0.4, -0.2) is 31.1 Å². The summed E-state index contributed by atoms with van der Waals surface area (Å²) >= 11 is 0. The summed E-state index contributed by atoms with van der Waals surface area (Å²) in [7, 11) is 2.97. The Morgan fingerprint density at radius 3 is 2.57 bits per heavy atom. The lowest BCUT2D eigenvalue weighted by Crippen LogP contribution is -2.25. The van der Waals surface area contributed by atoms with Crippen molar-refractivity contribution in [3.8, 4) is 0 Å². The number of benzene rings is 2. The highest BCUT2D eigenvalue weighted by Crippen LogP contribution is 2.30. The maximum atomic E-state index is 12.7. The lowest BCUT2D eigenvalue weighted by molar-refractivity contribution is 0.102. The molecule has 144 valence electrons. The van der Waals surface area contributed by atoms with Crippen LogP contribution in [0.5, 0.6) is 0 Å². The molecule has 1 aliphatic rings. The Balaban J connectivity index is 1.52. The maximum absolute atomic E-state index is 12.7. The summed E-state index contributed by atoms with van der Waals surface area (Å²) in [6.45, 7) is 0. The zero-order valence-electron chi connectivity index (χ0n) is 16.0. The van der Waals surface area contributed by atoms with Crippen LogP contribution in [0.3, 0.4) is 0 Å². The Kier molecular flexibility index (Phi) is 4.77. The molecule has 3 aromatic rings. The number of rotatable bonds is 3. The Hall–Kier alpha value is -3.28. The molecule has 6 heteroatoms. The predicted octanol–water partition coefficient (Wildman–Crippen LogP) is 4.50. The number of nitrogens with zero attached hydrogens (tertiary/aromatic N) is 1. The first-order valence-electron chi connectivity index (χ1n) is 9.43. The van der Waals surface area contributed by atoms with Gasteiger partial charge in [-0.1, -0.05) is 0 Å². The van der Waals surface area contributed by atoms with Crippen molar-refractivity contribution in [1.29, 1.82) is 0 Å². The molecule has 2 N–H and O–H groups in total. The second kappa shape index (κ2) is 7.38. The standard InChI is InChI=1S/C22H23N3O3/c1-25(22(27)28-2)16-10-8-15(9-11-16)23-21(26)14-7-12-20-18(13-14)17-5-3-4-6-19(17)24-20/h7-13,24H,3-6H2,1-2H3,(H,23,26). The fraction of sp³-hybridized carbons (Fsp3) is 0.273. The third kappa shape index (κ3) is 3.33. The second-order valence-electron chi connectivity index (χ2n) is 7.08. The highest BCUT2D eigenvalue weighted by Gasteiger charge is 2.17. The molecule has 0 aliphatic heterocycles. The van der Waals surface area contributed by atoms with Crippen molar-refractivity contribution >= 4 is 34.3 Å². The van der Waals surface area contributed by atoms with Gasteiger partial charge in [-0.05, 0) is 73.7 Å². The molecule has 0 saturated carbocycles. The van der Waals surface area contributed by atoms with Crippen LogP contribution in [0.2, 0.25) is 0 Å². The monoisotopic (exact) mass is 377 g/mol. The van der Waals surface area contributed by atoms with Gasteiger partial charge < -0.3 is 15.0 Å². The van der Waals surface area contributed by atoms with Gasteiger partial charge in [-0.25, -0.2) is 4.79 Å². The van der Waals surface area contributed by atoms with Gasteiger partial charge >= 0.3 is 6.09 Å². The lowest BCUT2D eigenvalue weighted by Gasteiger charge is -2.16. The number of hydrogen-bond donors (Lipinski definition) is 2. The molecule has 0 spiro atoms. The van der Waals surface area contributed by atoms with Crippen molar-refractivity contribution in [1.82, 2.24) is 4.98 Å². The van der Waals surface area contributed by atoms with Gasteiger partial charge in [0.25, 0.3) is 5.91 Å². The van der Waals surface area contributed by atoms with Gasteiger partial charge in [0.15, 0.2) is 0 Å². The third-order valence-electron chi connectivity index (χ3n) is 5.32. The Bertz CT molecular complexity index is 1040. The molecule has 0 atom stereocenters. The molecular formula is C22H23N3O3. The number of nitrogens with one attached hydrogen (secondary N) is 2. The minimum atomic E-state index is -0.445.